The summed E-state index contributed by atoms with van der Waals surface area (Å²) in [6.07, 6.45) is 8.80. The van der Waals surface area contributed by atoms with E-state index in [4.69, 9.17) is 5.26 Å². The molecular formula is C15H29N3. The Labute approximate surface area is 113 Å². The molecule has 0 saturated carbocycles. The maximum atomic E-state index is 9.14. The third kappa shape index (κ3) is 4.59. The molecule has 2 unspecified atom stereocenters. The topological polar surface area (TPSA) is 39.1 Å². The van der Waals surface area contributed by atoms with Crippen LogP contribution in [-0.2, 0) is 0 Å². The van der Waals surface area contributed by atoms with Gasteiger partial charge in [0, 0.05) is 6.04 Å². The first kappa shape index (κ1) is 15.5. The SMILES string of the molecule is CCC1CCCCCN1CCCC(C)(C#N)NC. The smallest absolute Gasteiger partial charge is 0.103 e. The average molecular weight is 251 g/mol. The summed E-state index contributed by atoms with van der Waals surface area (Å²) in [5, 5.41) is 12.3. The highest BCUT2D eigenvalue weighted by Crippen LogP contribution is 2.20. The minimum atomic E-state index is -0.354. The number of nitrogens with zero attached hydrogens (tertiary/aromatic N) is 2. The molecule has 0 aromatic carbocycles. The first-order valence-corrected chi connectivity index (χ1v) is 7.49. The van der Waals surface area contributed by atoms with E-state index in [1.54, 1.807) is 0 Å². The normalized spacial score (nSPS) is 25.1. The maximum Gasteiger partial charge on any atom is 0.103 e. The molecule has 1 heterocycles. The second-order valence-corrected chi connectivity index (χ2v) is 5.74. The fourth-order valence-corrected chi connectivity index (χ4v) is 2.87. The van der Waals surface area contributed by atoms with E-state index in [1.165, 1.54) is 38.6 Å². The summed E-state index contributed by atoms with van der Waals surface area (Å²) in [5.74, 6) is 0. The number of hydrogen-bond acceptors (Lipinski definition) is 3. The molecule has 0 bridgehead atoms. The van der Waals surface area contributed by atoms with Gasteiger partial charge in [-0.2, -0.15) is 5.26 Å². The fraction of sp³-hybridized carbons (Fsp3) is 0.933. The Morgan fingerprint density at radius 1 is 1.39 bits per heavy atom. The molecule has 1 saturated heterocycles. The highest BCUT2D eigenvalue weighted by molar-refractivity contribution is 5.02. The highest BCUT2D eigenvalue weighted by Gasteiger charge is 2.23. The van der Waals surface area contributed by atoms with Crippen LogP contribution in [0.4, 0.5) is 0 Å². The Hall–Kier alpha value is -0.590. The summed E-state index contributed by atoms with van der Waals surface area (Å²) >= 11 is 0. The van der Waals surface area contributed by atoms with Crippen molar-refractivity contribution in [1.82, 2.24) is 10.2 Å². The van der Waals surface area contributed by atoms with Gasteiger partial charge in [-0.05, 0) is 59.2 Å². The Balaban J connectivity index is 2.38. The molecule has 3 nitrogen and oxygen atoms in total. The molecule has 104 valence electrons. The Morgan fingerprint density at radius 2 is 2.17 bits per heavy atom. The summed E-state index contributed by atoms with van der Waals surface area (Å²) in [5.41, 5.74) is -0.354. The monoisotopic (exact) mass is 251 g/mol. The van der Waals surface area contributed by atoms with Crippen molar-refractivity contribution in [3.05, 3.63) is 0 Å². The van der Waals surface area contributed by atoms with Gasteiger partial charge in [0.2, 0.25) is 0 Å². The van der Waals surface area contributed by atoms with Gasteiger partial charge in [-0.25, -0.2) is 0 Å². The van der Waals surface area contributed by atoms with Gasteiger partial charge < -0.3 is 10.2 Å². The van der Waals surface area contributed by atoms with Gasteiger partial charge in [0.15, 0.2) is 0 Å². The predicted molar refractivity (Wildman–Crippen MR) is 76.4 cm³/mol. The van der Waals surface area contributed by atoms with Gasteiger partial charge in [0.05, 0.1) is 6.07 Å². The maximum absolute atomic E-state index is 9.14. The minimum Gasteiger partial charge on any atom is -0.303 e. The lowest BCUT2D eigenvalue weighted by molar-refractivity contribution is 0.187. The lowest BCUT2D eigenvalue weighted by Crippen LogP contribution is -2.40. The van der Waals surface area contributed by atoms with Gasteiger partial charge in [-0.3, -0.25) is 0 Å². The van der Waals surface area contributed by atoms with Crippen molar-refractivity contribution in [2.75, 3.05) is 20.1 Å². The molecule has 1 N–H and O–H groups in total. The Kier molecular flexibility index (Phi) is 6.67. The third-order valence-electron chi connectivity index (χ3n) is 4.39. The van der Waals surface area contributed by atoms with Crippen molar-refractivity contribution < 1.29 is 0 Å². The molecule has 18 heavy (non-hydrogen) atoms. The molecule has 1 rings (SSSR count). The quantitative estimate of drug-likeness (QED) is 0.789. The third-order valence-corrected chi connectivity index (χ3v) is 4.39. The van der Waals surface area contributed by atoms with E-state index in [9.17, 15) is 0 Å². The van der Waals surface area contributed by atoms with E-state index < -0.39 is 0 Å². The first-order chi connectivity index (χ1) is 8.65. The van der Waals surface area contributed by atoms with Gasteiger partial charge in [0.1, 0.15) is 5.54 Å². The standard InChI is InChI=1S/C15H29N3/c1-4-14-9-6-5-7-11-18(14)12-8-10-15(2,13-16)17-3/h14,17H,4-12H2,1-3H3. The molecule has 3 heteroatoms. The van der Waals surface area contributed by atoms with Crippen LogP contribution in [0.25, 0.3) is 0 Å². The molecule has 0 spiro atoms. The van der Waals surface area contributed by atoms with E-state index >= 15 is 0 Å². The Morgan fingerprint density at radius 3 is 2.78 bits per heavy atom. The van der Waals surface area contributed by atoms with Crippen molar-refractivity contribution >= 4 is 0 Å². The van der Waals surface area contributed by atoms with E-state index in [1.807, 2.05) is 14.0 Å². The summed E-state index contributed by atoms with van der Waals surface area (Å²) in [6.45, 7) is 6.70. The number of hydrogen-bond donors (Lipinski definition) is 1. The van der Waals surface area contributed by atoms with Gasteiger partial charge in [-0.15, -0.1) is 0 Å². The fourth-order valence-electron chi connectivity index (χ4n) is 2.87. The van der Waals surface area contributed by atoms with Crippen LogP contribution in [0, 0.1) is 11.3 Å². The van der Waals surface area contributed by atoms with Gasteiger partial charge in [-0.1, -0.05) is 19.8 Å². The number of likely N-dealkylation sites (tertiary alicyclic amines) is 1. The molecule has 1 fully saturated rings. The molecule has 0 amide bonds. The summed E-state index contributed by atoms with van der Waals surface area (Å²) in [7, 11) is 1.88. The zero-order valence-corrected chi connectivity index (χ0v) is 12.3. The highest BCUT2D eigenvalue weighted by atomic mass is 15.2. The van der Waals surface area contributed by atoms with Crippen molar-refractivity contribution in [2.24, 2.45) is 0 Å². The van der Waals surface area contributed by atoms with Crippen LogP contribution in [0.3, 0.4) is 0 Å². The molecule has 0 aromatic heterocycles. The zero-order chi connectivity index (χ0) is 13.4. The number of rotatable bonds is 6. The first-order valence-electron chi connectivity index (χ1n) is 7.49. The molecular weight excluding hydrogens is 222 g/mol. The summed E-state index contributed by atoms with van der Waals surface area (Å²) in [4.78, 5) is 2.65. The van der Waals surface area contributed by atoms with E-state index in [2.05, 4.69) is 23.2 Å². The molecule has 0 aliphatic carbocycles. The largest absolute Gasteiger partial charge is 0.303 e. The zero-order valence-electron chi connectivity index (χ0n) is 12.3. The van der Waals surface area contributed by atoms with Gasteiger partial charge in [0.25, 0.3) is 0 Å². The average Bonchev–Trinajstić information content (AvgIpc) is 2.63. The number of nitrogens with one attached hydrogen (secondary N) is 1. The van der Waals surface area contributed by atoms with Crippen LogP contribution >= 0.6 is 0 Å². The van der Waals surface area contributed by atoms with Crippen LogP contribution in [0.5, 0.6) is 0 Å². The lowest BCUT2D eigenvalue weighted by atomic mass is 9.97. The van der Waals surface area contributed by atoms with E-state index in [0.29, 0.717) is 0 Å². The number of nitriles is 1. The molecule has 1 aliphatic rings. The van der Waals surface area contributed by atoms with Crippen LogP contribution in [0.2, 0.25) is 0 Å². The summed E-state index contributed by atoms with van der Waals surface area (Å²) < 4.78 is 0. The van der Waals surface area contributed by atoms with Crippen LogP contribution in [0.15, 0.2) is 0 Å². The van der Waals surface area contributed by atoms with Crippen LogP contribution in [0.1, 0.15) is 58.8 Å². The van der Waals surface area contributed by atoms with E-state index in [-0.39, 0.29) is 5.54 Å². The molecule has 2 atom stereocenters. The Bertz CT molecular complexity index is 271. The second kappa shape index (κ2) is 7.76. The van der Waals surface area contributed by atoms with Crippen molar-refractivity contribution in [3.63, 3.8) is 0 Å². The van der Waals surface area contributed by atoms with E-state index in [0.717, 1.165) is 25.4 Å². The van der Waals surface area contributed by atoms with Crippen LogP contribution in [-0.4, -0.2) is 36.6 Å². The van der Waals surface area contributed by atoms with Crippen LogP contribution < -0.4 is 5.32 Å². The van der Waals surface area contributed by atoms with Crippen molar-refractivity contribution in [2.45, 2.75) is 70.4 Å². The molecule has 0 aromatic rings. The predicted octanol–water partition coefficient (Wildman–Crippen LogP) is 2.92. The minimum absolute atomic E-state index is 0.354. The lowest BCUT2D eigenvalue weighted by Gasteiger charge is -2.30. The van der Waals surface area contributed by atoms with Crippen molar-refractivity contribution in [1.29, 1.82) is 5.26 Å². The molecule has 1 aliphatic heterocycles. The van der Waals surface area contributed by atoms with Crippen molar-refractivity contribution in [3.8, 4) is 6.07 Å². The summed E-state index contributed by atoms with van der Waals surface area (Å²) in [6, 6.07) is 3.15. The second-order valence-electron chi connectivity index (χ2n) is 5.74. The van der Waals surface area contributed by atoms with Gasteiger partial charge >= 0.3 is 0 Å². The molecule has 0 radical (unpaired) electrons.